The molecule has 1 spiro atoms. The van der Waals surface area contributed by atoms with Crippen LogP contribution >= 0.6 is 11.3 Å². The van der Waals surface area contributed by atoms with Crippen molar-refractivity contribution in [1.82, 2.24) is 15.2 Å². The van der Waals surface area contributed by atoms with Gasteiger partial charge in [-0.2, -0.15) is 0 Å². The third-order valence-electron chi connectivity index (χ3n) is 6.74. The number of hydrogen-bond donors (Lipinski definition) is 1. The third-order valence-corrected chi connectivity index (χ3v) is 7.51. The maximum atomic E-state index is 13.5. The summed E-state index contributed by atoms with van der Waals surface area (Å²) < 4.78 is 5.67. The number of hydrogen-bond acceptors (Lipinski definition) is 6. The lowest BCUT2D eigenvalue weighted by molar-refractivity contribution is -0.135. The summed E-state index contributed by atoms with van der Waals surface area (Å²) in [6.07, 6.45) is 1.04. The molecule has 0 bridgehead atoms. The first-order valence-electron chi connectivity index (χ1n) is 11.2. The topological polar surface area (TPSA) is 91.8 Å². The minimum absolute atomic E-state index is 0.281. The standard InChI is InChI=1S/C25H22N4O4S/c1-15-26-19(14-34-15)16-6-7-20-17(12-16)8-10-28(20)22(30)13-29-23(31)25(27-24(29)32)9-11-33-21-5-3-2-4-18(21)25/h2-7,12,14H,8-11,13H2,1H3,(H,27,32). The molecule has 0 saturated carbocycles. The van der Waals surface area contributed by atoms with E-state index in [-0.39, 0.29) is 12.5 Å². The number of urea groups is 1. The summed E-state index contributed by atoms with van der Waals surface area (Å²) in [6, 6.07) is 12.6. The average Bonchev–Trinajstić information content (AvgIpc) is 3.52. The molecule has 4 amide bonds. The normalized spacial score (nSPS) is 20.9. The number of anilines is 1. The van der Waals surface area contributed by atoms with E-state index in [1.165, 1.54) is 0 Å². The number of carbonyl (C=O) groups excluding carboxylic acids is 3. The molecule has 4 heterocycles. The number of rotatable bonds is 3. The Labute approximate surface area is 200 Å². The largest absolute Gasteiger partial charge is 0.493 e. The van der Waals surface area contributed by atoms with Crippen molar-refractivity contribution in [1.29, 1.82) is 0 Å². The number of aromatic nitrogens is 1. The first kappa shape index (κ1) is 20.9. The van der Waals surface area contributed by atoms with Crippen molar-refractivity contribution in [2.45, 2.75) is 25.3 Å². The number of benzene rings is 2. The number of ether oxygens (including phenoxy) is 1. The zero-order chi connectivity index (χ0) is 23.4. The Morgan fingerprint density at radius 3 is 2.91 bits per heavy atom. The summed E-state index contributed by atoms with van der Waals surface area (Å²) in [6.45, 7) is 2.49. The number of para-hydroxylation sites is 1. The monoisotopic (exact) mass is 474 g/mol. The fraction of sp³-hybridized carbons (Fsp3) is 0.280. The molecule has 6 rings (SSSR count). The quantitative estimate of drug-likeness (QED) is 0.589. The van der Waals surface area contributed by atoms with Crippen LogP contribution in [-0.4, -0.2) is 47.4 Å². The SMILES string of the molecule is Cc1nc(-c2ccc3c(c2)CCN3C(=O)CN2C(=O)NC3(CCOc4ccccc43)C2=O)cs1. The molecule has 3 aromatic rings. The first-order valence-corrected chi connectivity index (χ1v) is 12.1. The number of fused-ring (bicyclic) bond motifs is 3. The molecular formula is C25H22N4O4S. The molecule has 1 N–H and O–H groups in total. The van der Waals surface area contributed by atoms with Crippen molar-refractivity contribution in [3.8, 4) is 17.0 Å². The van der Waals surface area contributed by atoms with Gasteiger partial charge in [-0.1, -0.05) is 24.3 Å². The Kier molecular flexibility index (Phi) is 4.70. The summed E-state index contributed by atoms with van der Waals surface area (Å²) in [7, 11) is 0. The molecule has 1 aromatic heterocycles. The highest BCUT2D eigenvalue weighted by molar-refractivity contribution is 7.09. The van der Waals surface area contributed by atoms with Crippen molar-refractivity contribution in [2.75, 3.05) is 24.6 Å². The number of aryl methyl sites for hydroxylation is 1. The Hall–Kier alpha value is -3.72. The Balaban J connectivity index is 1.23. The van der Waals surface area contributed by atoms with E-state index in [4.69, 9.17) is 4.74 Å². The smallest absolute Gasteiger partial charge is 0.325 e. The van der Waals surface area contributed by atoms with Gasteiger partial charge in [-0.3, -0.25) is 14.5 Å². The maximum absolute atomic E-state index is 13.5. The molecule has 3 aliphatic rings. The fourth-order valence-electron chi connectivity index (χ4n) is 5.05. The number of imide groups is 1. The van der Waals surface area contributed by atoms with Crippen molar-refractivity contribution in [3.05, 3.63) is 64.0 Å². The second-order valence-corrected chi connectivity index (χ2v) is 9.77. The van der Waals surface area contributed by atoms with Crippen LogP contribution in [0.4, 0.5) is 10.5 Å². The van der Waals surface area contributed by atoms with Gasteiger partial charge in [0.1, 0.15) is 12.3 Å². The predicted molar refractivity (Wildman–Crippen MR) is 127 cm³/mol. The molecule has 0 aliphatic carbocycles. The Bertz CT molecular complexity index is 1350. The molecule has 9 heteroatoms. The highest BCUT2D eigenvalue weighted by atomic mass is 32.1. The fourth-order valence-corrected chi connectivity index (χ4v) is 5.67. The highest BCUT2D eigenvalue weighted by Gasteiger charge is 2.55. The van der Waals surface area contributed by atoms with E-state index >= 15 is 0 Å². The Morgan fingerprint density at radius 1 is 1.24 bits per heavy atom. The van der Waals surface area contributed by atoms with Gasteiger partial charge in [0.25, 0.3) is 5.91 Å². The van der Waals surface area contributed by atoms with E-state index in [1.807, 2.05) is 36.6 Å². The van der Waals surface area contributed by atoms with Crippen molar-refractivity contribution in [3.63, 3.8) is 0 Å². The van der Waals surface area contributed by atoms with Crippen LogP contribution in [0.1, 0.15) is 22.6 Å². The lowest BCUT2D eigenvalue weighted by Gasteiger charge is -2.33. The molecule has 8 nitrogen and oxygen atoms in total. The van der Waals surface area contributed by atoms with Gasteiger partial charge in [0.05, 0.1) is 17.3 Å². The molecule has 1 fully saturated rings. The van der Waals surface area contributed by atoms with E-state index < -0.39 is 17.5 Å². The van der Waals surface area contributed by atoms with Crippen LogP contribution in [-0.2, 0) is 21.5 Å². The maximum Gasteiger partial charge on any atom is 0.325 e. The molecule has 3 aliphatic heterocycles. The number of carbonyl (C=O) groups is 3. The Morgan fingerprint density at radius 2 is 2.09 bits per heavy atom. The number of nitrogens with zero attached hydrogens (tertiary/aromatic N) is 3. The number of thiazole rings is 1. The molecule has 2 aromatic carbocycles. The molecule has 172 valence electrons. The summed E-state index contributed by atoms with van der Waals surface area (Å²) >= 11 is 1.60. The van der Waals surface area contributed by atoms with Crippen LogP contribution in [0.25, 0.3) is 11.3 Å². The summed E-state index contributed by atoms with van der Waals surface area (Å²) in [5, 5.41) is 5.88. The minimum Gasteiger partial charge on any atom is -0.493 e. The van der Waals surface area contributed by atoms with Gasteiger partial charge in [-0.25, -0.2) is 9.78 Å². The second-order valence-electron chi connectivity index (χ2n) is 8.71. The molecular weight excluding hydrogens is 452 g/mol. The van der Waals surface area contributed by atoms with Crippen LogP contribution in [0.5, 0.6) is 5.75 Å². The number of nitrogens with one attached hydrogen (secondary N) is 1. The molecule has 1 saturated heterocycles. The van der Waals surface area contributed by atoms with Crippen LogP contribution in [0.15, 0.2) is 47.8 Å². The van der Waals surface area contributed by atoms with E-state index in [0.717, 1.165) is 32.4 Å². The van der Waals surface area contributed by atoms with Gasteiger partial charge < -0.3 is 15.0 Å². The van der Waals surface area contributed by atoms with Crippen LogP contribution in [0, 0.1) is 6.92 Å². The zero-order valence-electron chi connectivity index (χ0n) is 18.5. The summed E-state index contributed by atoms with van der Waals surface area (Å²) in [5.74, 6) is -0.109. The second kappa shape index (κ2) is 7.66. The van der Waals surface area contributed by atoms with Crippen LogP contribution in [0.2, 0.25) is 0 Å². The minimum atomic E-state index is -1.18. The van der Waals surface area contributed by atoms with Crippen molar-refractivity contribution >= 4 is 34.9 Å². The van der Waals surface area contributed by atoms with Gasteiger partial charge in [0.15, 0.2) is 5.54 Å². The van der Waals surface area contributed by atoms with Gasteiger partial charge in [-0.15, -0.1) is 11.3 Å². The van der Waals surface area contributed by atoms with Crippen LogP contribution < -0.4 is 15.0 Å². The lowest BCUT2D eigenvalue weighted by Crippen LogP contribution is -2.48. The average molecular weight is 475 g/mol. The van der Waals surface area contributed by atoms with E-state index in [2.05, 4.69) is 16.4 Å². The zero-order valence-corrected chi connectivity index (χ0v) is 19.4. The van der Waals surface area contributed by atoms with Gasteiger partial charge in [0, 0.05) is 35.2 Å². The van der Waals surface area contributed by atoms with Crippen molar-refractivity contribution < 1.29 is 19.1 Å². The van der Waals surface area contributed by atoms with Crippen molar-refractivity contribution in [2.24, 2.45) is 0 Å². The molecule has 1 atom stereocenters. The van der Waals surface area contributed by atoms with E-state index in [9.17, 15) is 14.4 Å². The third kappa shape index (κ3) is 3.11. The molecule has 34 heavy (non-hydrogen) atoms. The molecule has 0 radical (unpaired) electrons. The number of amides is 4. The van der Waals surface area contributed by atoms with E-state index in [0.29, 0.717) is 37.3 Å². The van der Waals surface area contributed by atoms with Crippen LogP contribution in [0.3, 0.4) is 0 Å². The van der Waals surface area contributed by atoms with Gasteiger partial charge in [-0.05, 0) is 37.1 Å². The van der Waals surface area contributed by atoms with E-state index in [1.54, 1.807) is 28.4 Å². The first-order chi connectivity index (χ1) is 16.5. The van der Waals surface area contributed by atoms with Gasteiger partial charge in [0.2, 0.25) is 5.91 Å². The summed E-state index contributed by atoms with van der Waals surface area (Å²) in [5.41, 5.74) is 3.27. The predicted octanol–water partition coefficient (Wildman–Crippen LogP) is 3.24. The molecule has 1 unspecified atom stereocenters. The van der Waals surface area contributed by atoms with Gasteiger partial charge >= 0.3 is 6.03 Å². The lowest BCUT2D eigenvalue weighted by atomic mass is 9.84. The summed E-state index contributed by atoms with van der Waals surface area (Å²) in [4.78, 5) is 46.8. The highest BCUT2D eigenvalue weighted by Crippen LogP contribution is 2.41.